The smallest absolute Gasteiger partial charge is 0.257 e. The van der Waals surface area contributed by atoms with Gasteiger partial charge in [0.2, 0.25) is 0 Å². The molecule has 0 atom stereocenters. The number of nitrogens with one attached hydrogen (secondary N) is 2. The zero-order valence-corrected chi connectivity index (χ0v) is 10.5. The van der Waals surface area contributed by atoms with Gasteiger partial charge in [-0.2, -0.15) is 5.10 Å². The van der Waals surface area contributed by atoms with Gasteiger partial charge in [-0.25, -0.2) is 4.39 Å². The van der Waals surface area contributed by atoms with Crippen LogP contribution in [-0.2, 0) is 0 Å². The number of hydrogen-bond acceptors (Lipinski definition) is 3. The molecule has 0 bridgehead atoms. The lowest BCUT2D eigenvalue weighted by atomic mass is 10.1. The maximum absolute atomic E-state index is 13.3. The van der Waals surface area contributed by atoms with Crippen molar-refractivity contribution in [3.05, 3.63) is 47.5 Å². The summed E-state index contributed by atoms with van der Waals surface area (Å²) < 4.78 is 13.3. The number of aromatic nitrogens is 2. The van der Waals surface area contributed by atoms with Crippen LogP contribution in [0.1, 0.15) is 22.3 Å². The second kappa shape index (κ2) is 6.50. The number of aliphatic hydroxyl groups is 1. The highest BCUT2D eigenvalue weighted by molar-refractivity contribution is 6.05. The summed E-state index contributed by atoms with van der Waals surface area (Å²) in [6, 6.07) is 3.79. The van der Waals surface area contributed by atoms with Crippen LogP contribution in [0.2, 0.25) is 0 Å². The Morgan fingerprint density at radius 3 is 3.05 bits per heavy atom. The fourth-order valence-corrected chi connectivity index (χ4v) is 1.54. The monoisotopic (exact) mass is 273 g/mol. The molecule has 0 fully saturated rings. The van der Waals surface area contributed by atoms with E-state index in [1.807, 2.05) is 0 Å². The van der Waals surface area contributed by atoms with Crippen LogP contribution in [0.3, 0.4) is 0 Å². The number of aliphatic hydroxyl groups excluding tert-OH is 1. The second-order valence-corrected chi connectivity index (χ2v) is 3.91. The summed E-state index contributed by atoms with van der Waals surface area (Å²) in [4.78, 5) is 12.1. The summed E-state index contributed by atoms with van der Waals surface area (Å²) in [6.07, 6.45) is 3.24. The third kappa shape index (κ3) is 3.43. The van der Waals surface area contributed by atoms with Crippen LogP contribution in [0.15, 0.2) is 30.6 Å². The molecule has 0 spiro atoms. The number of nitrogens with zero attached hydrogens (tertiary/aromatic N) is 1. The van der Waals surface area contributed by atoms with E-state index < -0.39 is 11.7 Å². The normalized spacial score (nSPS) is 9.70. The molecule has 6 heteroatoms. The molecular weight excluding hydrogens is 261 g/mol. The number of hydrogen-bond donors (Lipinski definition) is 3. The maximum atomic E-state index is 13.3. The molecule has 0 aliphatic carbocycles. The fourth-order valence-electron chi connectivity index (χ4n) is 1.54. The van der Waals surface area contributed by atoms with Crippen LogP contribution in [0, 0.1) is 17.7 Å². The summed E-state index contributed by atoms with van der Waals surface area (Å²) in [7, 11) is 0. The number of halogens is 1. The highest BCUT2D eigenvalue weighted by Gasteiger charge is 2.12. The van der Waals surface area contributed by atoms with Gasteiger partial charge in [-0.3, -0.25) is 9.89 Å². The van der Waals surface area contributed by atoms with Gasteiger partial charge in [0.05, 0.1) is 24.1 Å². The average molecular weight is 273 g/mol. The Morgan fingerprint density at radius 1 is 1.50 bits per heavy atom. The predicted octanol–water partition coefficient (Wildman–Crippen LogP) is 1.53. The summed E-state index contributed by atoms with van der Waals surface area (Å²) in [5, 5.41) is 17.5. The highest BCUT2D eigenvalue weighted by atomic mass is 19.1. The second-order valence-electron chi connectivity index (χ2n) is 3.91. The van der Waals surface area contributed by atoms with Crippen molar-refractivity contribution >= 4 is 11.6 Å². The minimum absolute atomic E-state index is 0.0647. The molecule has 0 saturated carbocycles. The van der Waals surface area contributed by atoms with Crippen LogP contribution < -0.4 is 5.32 Å². The average Bonchev–Trinajstić information content (AvgIpc) is 2.93. The van der Waals surface area contributed by atoms with E-state index in [9.17, 15) is 9.18 Å². The number of benzene rings is 1. The molecule has 1 amide bonds. The molecule has 3 N–H and O–H groups in total. The molecule has 0 aliphatic rings. The van der Waals surface area contributed by atoms with Gasteiger partial charge in [-0.15, -0.1) is 0 Å². The number of rotatable bonds is 3. The largest absolute Gasteiger partial charge is 0.395 e. The SMILES string of the molecule is O=C(Nc1cn[nH]c1)c1cc(F)ccc1C#CCCO. The van der Waals surface area contributed by atoms with Gasteiger partial charge >= 0.3 is 0 Å². The van der Waals surface area contributed by atoms with Gasteiger partial charge in [-0.05, 0) is 18.2 Å². The first-order chi connectivity index (χ1) is 9.70. The van der Waals surface area contributed by atoms with E-state index >= 15 is 0 Å². The van der Waals surface area contributed by atoms with Crippen LogP contribution >= 0.6 is 0 Å². The van der Waals surface area contributed by atoms with Crippen molar-refractivity contribution in [2.45, 2.75) is 6.42 Å². The molecular formula is C14H12FN3O2. The first-order valence-corrected chi connectivity index (χ1v) is 5.90. The molecule has 0 radical (unpaired) electrons. The topological polar surface area (TPSA) is 78.0 Å². The van der Waals surface area contributed by atoms with Crippen molar-refractivity contribution in [2.24, 2.45) is 0 Å². The Bertz CT molecular complexity index is 657. The first-order valence-electron chi connectivity index (χ1n) is 5.90. The molecule has 2 rings (SSSR count). The van der Waals surface area contributed by atoms with Crippen LogP contribution in [0.5, 0.6) is 0 Å². The Morgan fingerprint density at radius 2 is 2.35 bits per heavy atom. The zero-order valence-electron chi connectivity index (χ0n) is 10.5. The molecule has 0 aliphatic heterocycles. The van der Waals surface area contributed by atoms with Gasteiger partial charge in [0.15, 0.2) is 0 Å². The van der Waals surface area contributed by atoms with Crippen molar-refractivity contribution in [1.82, 2.24) is 10.2 Å². The maximum Gasteiger partial charge on any atom is 0.257 e. The highest BCUT2D eigenvalue weighted by Crippen LogP contribution is 2.13. The van der Waals surface area contributed by atoms with Crippen molar-refractivity contribution in [2.75, 3.05) is 11.9 Å². The van der Waals surface area contributed by atoms with Crippen LogP contribution in [-0.4, -0.2) is 27.8 Å². The Labute approximate surface area is 114 Å². The number of carbonyl (C=O) groups is 1. The summed E-state index contributed by atoms with van der Waals surface area (Å²) in [5.74, 6) is 4.45. The van der Waals surface area contributed by atoms with Gasteiger partial charge < -0.3 is 10.4 Å². The summed E-state index contributed by atoms with van der Waals surface area (Å²) in [5.41, 5.74) is 1.02. The molecule has 102 valence electrons. The lowest BCUT2D eigenvalue weighted by Crippen LogP contribution is -2.13. The van der Waals surface area contributed by atoms with Gasteiger partial charge in [0, 0.05) is 18.2 Å². The molecule has 0 unspecified atom stereocenters. The quantitative estimate of drug-likeness (QED) is 0.742. The first kappa shape index (κ1) is 13.8. The molecule has 2 aromatic rings. The number of carbonyl (C=O) groups excluding carboxylic acids is 1. The van der Waals surface area contributed by atoms with Crippen LogP contribution in [0.25, 0.3) is 0 Å². The summed E-state index contributed by atoms with van der Waals surface area (Å²) >= 11 is 0. The van der Waals surface area contributed by atoms with E-state index in [1.165, 1.54) is 24.5 Å². The third-order valence-electron chi connectivity index (χ3n) is 2.44. The predicted molar refractivity (Wildman–Crippen MR) is 71.5 cm³/mol. The number of anilines is 1. The van der Waals surface area contributed by atoms with E-state index in [1.54, 1.807) is 0 Å². The minimum Gasteiger partial charge on any atom is -0.395 e. The fraction of sp³-hybridized carbons (Fsp3) is 0.143. The molecule has 1 aromatic heterocycles. The van der Waals surface area contributed by atoms with E-state index in [0.717, 1.165) is 6.07 Å². The van der Waals surface area contributed by atoms with Crippen molar-refractivity contribution < 1.29 is 14.3 Å². The number of H-pyrrole nitrogens is 1. The van der Waals surface area contributed by atoms with Crippen molar-refractivity contribution in [3.63, 3.8) is 0 Å². The lowest BCUT2D eigenvalue weighted by molar-refractivity contribution is 0.102. The van der Waals surface area contributed by atoms with Gasteiger partial charge in [-0.1, -0.05) is 11.8 Å². The molecule has 1 heterocycles. The van der Waals surface area contributed by atoms with E-state index in [4.69, 9.17) is 5.11 Å². The Balaban J connectivity index is 2.27. The van der Waals surface area contributed by atoms with E-state index in [0.29, 0.717) is 17.7 Å². The standard InChI is InChI=1S/C14H12FN3O2/c15-11-5-4-10(3-1-2-6-19)13(7-11)14(20)18-12-8-16-17-9-12/h4-5,7-9,19H,2,6H2,(H,16,17)(H,18,20). The Kier molecular flexibility index (Phi) is 4.47. The molecule has 1 aromatic carbocycles. The van der Waals surface area contributed by atoms with E-state index in [-0.39, 0.29) is 12.2 Å². The molecule has 0 saturated heterocycles. The number of aromatic amines is 1. The Hall–Kier alpha value is -2.65. The minimum atomic E-state index is -0.518. The third-order valence-corrected chi connectivity index (χ3v) is 2.44. The zero-order chi connectivity index (χ0) is 14.4. The van der Waals surface area contributed by atoms with Gasteiger partial charge in [0.25, 0.3) is 5.91 Å². The number of amides is 1. The van der Waals surface area contributed by atoms with Crippen molar-refractivity contribution in [1.29, 1.82) is 0 Å². The van der Waals surface area contributed by atoms with E-state index in [2.05, 4.69) is 27.4 Å². The molecule has 20 heavy (non-hydrogen) atoms. The van der Waals surface area contributed by atoms with Gasteiger partial charge in [0.1, 0.15) is 5.82 Å². The van der Waals surface area contributed by atoms with Crippen LogP contribution in [0.4, 0.5) is 10.1 Å². The van der Waals surface area contributed by atoms with Crippen molar-refractivity contribution in [3.8, 4) is 11.8 Å². The lowest BCUT2D eigenvalue weighted by Gasteiger charge is -2.05. The molecule has 5 nitrogen and oxygen atoms in total. The summed E-state index contributed by atoms with van der Waals surface area (Å²) in [6.45, 7) is -0.0647.